The van der Waals surface area contributed by atoms with E-state index in [2.05, 4.69) is 0 Å². The molecule has 0 N–H and O–H groups in total. The predicted molar refractivity (Wildman–Crippen MR) is 200 cm³/mol. The molecule has 0 atom stereocenters. The topological polar surface area (TPSA) is 3.24 Å². The summed E-state index contributed by atoms with van der Waals surface area (Å²) >= 11 is 0.760. The van der Waals surface area contributed by atoms with E-state index >= 15 is 0 Å². The molecule has 9 aromatic rings. The molecule has 0 spiro atoms. The van der Waals surface area contributed by atoms with E-state index in [0.29, 0.717) is 0 Å². The van der Waals surface area contributed by atoms with Crippen molar-refractivity contribution in [2.75, 3.05) is 4.90 Å². The van der Waals surface area contributed by atoms with E-state index in [0.717, 1.165) is 38.1 Å². The highest BCUT2D eigenvalue weighted by Gasteiger charge is 2.18. The molecule has 46 heavy (non-hydrogen) atoms. The van der Waals surface area contributed by atoms with Crippen molar-refractivity contribution < 1.29 is 24.7 Å². The van der Waals surface area contributed by atoms with Crippen LogP contribution in [-0.4, -0.2) is 0 Å². The average molecular weight is 622 g/mol. The van der Waals surface area contributed by atoms with Gasteiger partial charge in [-0.05, 0) is 98.3 Å². The predicted octanol–water partition coefficient (Wildman–Crippen LogP) is 13.2. The Hall–Kier alpha value is -5.70. The molecule has 1 aromatic heterocycles. The van der Waals surface area contributed by atoms with Gasteiger partial charge in [0.1, 0.15) is 0 Å². The number of fused-ring (bicyclic) bond motifs is 6. The first-order valence-electron chi connectivity index (χ1n) is 23.2. The van der Waals surface area contributed by atoms with Gasteiger partial charge in [-0.3, -0.25) is 0 Å². The van der Waals surface area contributed by atoms with E-state index in [1.807, 2.05) is 42.5 Å². The third-order valence-electron chi connectivity index (χ3n) is 7.75. The Morgan fingerprint density at radius 1 is 0.478 bits per heavy atom. The van der Waals surface area contributed by atoms with Gasteiger partial charge in [0.15, 0.2) is 0 Å². The van der Waals surface area contributed by atoms with Crippen LogP contribution in [0.15, 0.2) is 175 Å². The van der Waals surface area contributed by atoms with E-state index in [1.54, 1.807) is 24.3 Å². The lowest BCUT2D eigenvalue weighted by Gasteiger charge is -2.26. The summed E-state index contributed by atoms with van der Waals surface area (Å²) in [6, 6.07) is 7.97. The number of benzene rings is 8. The SMILES string of the molecule is [2H]c1c([2H])c([2H])c(-c2c([2H])c3c([2H])c([2H])c([2H])c([2H])c3c3sc4c([2H])c([2H])c(N(c5ccc(-c6ccc7ccccc7c6)cc5)c5c([2H])c([2H])c([2H])c([2H])c5[2H])c([2H])c4c23)c([2H])c1[2H]. The fourth-order valence-corrected chi connectivity index (χ4v) is 6.78. The lowest BCUT2D eigenvalue weighted by Crippen LogP contribution is -2.09. The van der Waals surface area contributed by atoms with Crippen molar-refractivity contribution in [3.63, 3.8) is 0 Å². The molecule has 0 unspecified atom stereocenters. The molecule has 0 aliphatic heterocycles. The number of hydrogen-bond donors (Lipinski definition) is 0. The molecule has 0 saturated carbocycles. The van der Waals surface area contributed by atoms with Crippen LogP contribution in [0.3, 0.4) is 0 Å². The fraction of sp³-hybridized carbons (Fsp3) is 0. The van der Waals surface area contributed by atoms with Crippen LogP contribution in [0, 0.1) is 0 Å². The van der Waals surface area contributed by atoms with Crippen LogP contribution in [0.2, 0.25) is 0 Å². The highest BCUT2D eigenvalue weighted by Crippen LogP contribution is 2.46. The maximum absolute atomic E-state index is 9.98. The molecule has 0 fully saturated rings. The highest BCUT2D eigenvalue weighted by atomic mass is 32.1. The molecule has 9 rings (SSSR count). The molecule has 0 amide bonds. The van der Waals surface area contributed by atoms with Crippen LogP contribution in [-0.2, 0) is 0 Å². The normalized spacial score (nSPS) is 17.0. The number of rotatable bonds is 5. The van der Waals surface area contributed by atoms with Crippen molar-refractivity contribution in [1.82, 2.24) is 0 Å². The second kappa shape index (κ2) is 11.0. The van der Waals surface area contributed by atoms with Crippen LogP contribution in [0.5, 0.6) is 0 Å². The Morgan fingerprint density at radius 3 is 2.02 bits per heavy atom. The van der Waals surface area contributed by atoms with Crippen LogP contribution in [0.1, 0.15) is 24.7 Å². The molecule has 0 saturated heterocycles. The van der Waals surface area contributed by atoms with Crippen molar-refractivity contribution in [2.45, 2.75) is 0 Å². The Balaban J connectivity index is 1.45. The Bertz CT molecular complexity index is 3490. The Labute approximate surface area is 297 Å². The van der Waals surface area contributed by atoms with Gasteiger partial charge in [-0.15, -0.1) is 11.3 Å². The molecular weight excluding hydrogens is 575 g/mol. The first-order valence-corrected chi connectivity index (χ1v) is 15.0. The quantitative estimate of drug-likeness (QED) is 0.185. The van der Waals surface area contributed by atoms with Gasteiger partial charge in [0.25, 0.3) is 0 Å². The van der Waals surface area contributed by atoms with Crippen molar-refractivity contribution in [2.24, 2.45) is 0 Å². The van der Waals surface area contributed by atoms with Crippen LogP contribution >= 0.6 is 11.3 Å². The summed E-state index contributed by atoms with van der Waals surface area (Å²) in [5.74, 6) is 0. The molecule has 0 bridgehead atoms. The number of anilines is 3. The third kappa shape index (κ3) is 4.54. The molecule has 0 radical (unpaired) electrons. The van der Waals surface area contributed by atoms with Crippen LogP contribution < -0.4 is 4.90 Å². The molecule has 216 valence electrons. The van der Waals surface area contributed by atoms with Crippen molar-refractivity contribution in [3.05, 3.63) is 175 Å². The molecule has 2 heteroatoms. The Kier molecular flexibility index (Phi) is 3.39. The number of thiophene rings is 1. The molecule has 1 nitrogen and oxygen atoms in total. The summed E-state index contributed by atoms with van der Waals surface area (Å²) in [6.45, 7) is 0. The van der Waals surface area contributed by atoms with Crippen molar-refractivity contribution in [3.8, 4) is 22.3 Å². The average Bonchev–Trinajstić information content (AvgIpc) is 3.69. The van der Waals surface area contributed by atoms with Crippen LogP contribution in [0.4, 0.5) is 17.1 Å². The second-order valence-electron chi connectivity index (χ2n) is 10.4. The van der Waals surface area contributed by atoms with E-state index in [4.69, 9.17) is 19.2 Å². The number of hydrogen-bond acceptors (Lipinski definition) is 2. The standard InChI is InChI=1S/C44H29NS/c1-3-12-32(13-4-1)40-28-35-15-9-10-18-39(35)44-43(40)41-29-38(25-26-42(41)46-44)45(36-16-5-2-6-17-36)37-23-21-31(22-24-37)34-20-19-30-11-7-8-14-33(30)27-34/h1-29H/i1D,2D,3D,4D,5D,6D,9D,10D,12D,13D,15D,16D,17D,18D,25D,26D,28D,29D. The minimum absolute atomic E-state index is 0.0255. The molecular formula is C44H29NS. The lowest BCUT2D eigenvalue weighted by molar-refractivity contribution is 1.29. The summed E-state index contributed by atoms with van der Waals surface area (Å²) < 4.78 is 160. The van der Waals surface area contributed by atoms with E-state index in [1.165, 1.54) is 0 Å². The largest absolute Gasteiger partial charge is 0.310 e. The summed E-state index contributed by atoms with van der Waals surface area (Å²) in [7, 11) is 0. The zero-order valence-electron chi connectivity index (χ0n) is 41.7. The zero-order chi connectivity index (χ0) is 46.1. The second-order valence-corrected chi connectivity index (χ2v) is 11.4. The van der Waals surface area contributed by atoms with Gasteiger partial charge >= 0.3 is 0 Å². The number of para-hydroxylation sites is 1. The van der Waals surface area contributed by atoms with Gasteiger partial charge in [-0.2, -0.15) is 0 Å². The fourth-order valence-electron chi connectivity index (χ4n) is 5.65. The number of nitrogens with zero attached hydrogens (tertiary/aromatic N) is 1. The maximum atomic E-state index is 9.98. The minimum Gasteiger partial charge on any atom is -0.310 e. The molecule has 0 aliphatic rings. The van der Waals surface area contributed by atoms with Gasteiger partial charge in [0, 0.05) is 37.2 Å². The van der Waals surface area contributed by atoms with Gasteiger partial charge in [-0.25, -0.2) is 0 Å². The summed E-state index contributed by atoms with van der Waals surface area (Å²) in [5.41, 5.74) is -0.117. The minimum atomic E-state index is -0.765. The maximum Gasteiger partial charge on any atom is 0.0652 e. The van der Waals surface area contributed by atoms with Gasteiger partial charge in [0.05, 0.1) is 24.7 Å². The zero-order valence-corrected chi connectivity index (χ0v) is 24.5. The smallest absolute Gasteiger partial charge is 0.0652 e. The highest BCUT2D eigenvalue weighted by molar-refractivity contribution is 7.26. The van der Waals surface area contributed by atoms with E-state index in [9.17, 15) is 5.48 Å². The monoisotopic (exact) mass is 621 g/mol. The van der Waals surface area contributed by atoms with Gasteiger partial charge < -0.3 is 4.90 Å². The van der Waals surface area contributed by atoms with Crippen LogP contribution in [0.25, 0.3) is 64.0 Å². The first kappa shape index (κ1) is 14.2. The van der Waals surface area contributed by atoms with E-state index < -0.39 is 126 Å². The summed E-state index contributed by atoms with van der Waals surface area (Å²) in [5, 5.41) is 1.08. The summed E-state index contributed by atoms with van der Waals surface area (Å²) in [6.07, 6.45) is 0. The lowest BCUT2D eigenvalue weighted by atomic mass is 9.95. The molecule has 1 heterocycles. The summed E-state index contributed by atoms with van der Waals surface area (Å²) in [4.78, 5) is 1.12. The van der Waals surface area contributed by atoms with Gasteiger partial charge in [0.2, 0.25) is 0 Å². The van der Waals surface area contributed by atoms with Crippen molar-refractivity contribution in [1.29, 1.82) is 0 Å². The van der Waals surface area contributed by atoms with Gasteiger partial charge in [-0.1, -0.05) is 121 Å². The molecule has 8 aromatic carbocycles. The van der Waals surface area contributed by atoms with Crippen molar-refractivity contribution >= 4 is 70.1 Å². The first-order chi connectivity index (χ1) is 30.3. The van der Waals surface area contributed by atoms with E-state index in [-0.39, 0.29) is 42.2 Å². The Morgan fingerprint density at radius 2 is 1.20 bits per heavy atom. The third-order valence-corrected chi connectivity index (χ3v) is 8.88. The molecule has 0 aliphatic carbocycles.